The second kappa shape index (κ2) is 13.0. The summed E-state index contributed by atoms with van der Waals surface area (Å²) < 4.78 is 30.0. The van der Waals surface area contributed by atoms with Crippen molar-refractivity contribution in [3.63, 3.8) is 0 Å². The normalized spacial score (nSPS) is 15.6. The number of rotatable bonds is 9. The van der Waals surface area contributed by atoms with Gasteiger partial charge in [-0.25, -0.2) is 14.6 Å². The molecule has 4 heterocycles. The molecule has 0 aliphatic carbocycles. The molecule has 0 bridgehead atoms. The first-order chi connectivity index (χ1) is 22.2. The number of hydrogen-bond donors (Lipinski definition) is 0. The van der Waals surface area contributed by atoms with Crippen LogP contribution in [0.3, 0.4) is 0 Å². The lowest BCUT2D eigenvalue weighted by atomic mass is 9.94. The minimum Gasteiger partial charge on any atom is -0.463 e. The number of ether oxygens (including phenoxy) is 4. The monoisotopic (exact) mass is 662 g/mol. The standard InChI is InChI=1S/C34H31ClN2O8S/c1-5-7-24-29(33(40)41-6-2)30(19-8-12-26-27(14-19)43-17-42-26)37-31(38)28(46-34(37)36-24)16-21-10-13-25(45-21)23-15-20(35)9-11-22(23)32(39)44-18(3)4/h8-16,18,30H,5-7,17H2,1-4H3/b28-16+/t30-/m0/s1. The van der Waals surface area contributed by atoms with Crippen LogP contribution in [0.15, 0.2) is 74.0 Å². The van der Waals surface area contributed by atoms with E-state index < -0.39 is 18.0 Å². The predicted molar refractivity (Wildman–Crippen MR) is 172 cm³/mol. The van der Waals surface area contributed by atoms with Crippen LogP contribution in [0.25, 0.3) is 17.4 Å². The molecule has 12 heteroatoms. The van der Waals surface area contributed by atoms with Crippen molar-refractivity contribution in [2.45, 2.75) is 52.7 Å². The van der Waals surface area contributed by atoms with Crippen molar-refractivity contribution in [2.24, 2.45) is 4.99 Å². The van der Waals surface area contributed by atoms with E-state index in [9.17, 15) is 14.4 Å². The molecular formula is C34H31ClN2O8S. The molecule has 0 amide bonds. The molecule has 10 nitrogen and oxygen atoms in total. The summed E-state index contributed by atoms with van der Waals surface area (Å²) in [5.41, 5.74) is 1.95. The molecule has 2 aliphatic rings. The molecule has 0 N–H and O–H groups in total. The Morgan fingerprint density at radius 2 is 1.89 bits per heavy atom. The van der Waals surface area contributed by atoms with Crippen molar-refractivity contribution in [1.82, 2.24) is 4.57 Å². The Morgan fingerprint density at radius 3 is 2.65 bits per heavy atom. The summed E-state index contributed by atoms with van der Waals surface area (Å²) in [6, 6.07) is 12.8. The zero-order chi connectivity index (χ0) is 32.5. The van der Waals surface area contributed by atoms with Crippen LogP contribution in [0, 0.1) is 0 Å². The van der Waals surface area contributed by atoms with Gasteiger partial charge in [-0.2, -0.15) is 0 Å². The van der Waals surface area contributed by atoms with Gasteiger partial charge in [-0.3, -0.25) is 9.36 Å². The number of aromatic nitrogens is 1. The number of carbonyl (C=O) groups excluding carboxylic acids is 2. The first-order valence-corrected chi connectivity index (χ1v) is 16.1. The minimum absolute atomic E-state index is 0.0872. The molecular weight excluding hydrogens is 632 g/mol. The summed E-state index contributed by atoms with van der Waals surface area (Å²) in [6.45, 7) is 7.53. The van der Waals surface area contributed by atoms with Crippen molar-refractivity contribution in [1.29, 1.82) is 0 Å². The van der Waals surface area contributed by atoms with E-state index in [1.807, 2.05) is 13.0 Å². The number of halogens is 1. The summed E-state index contributed by atoms with van der Waals surface area (Å²) in [5.74, 6) is 0.831. The van der Waals surface area contributed by atoms with E-state index in [2.05, 4.69) is 0 Å². The maximum absolute atomic E-state index is 14.1. The maximum atomic E-state index is 14.1. The van der Waals surface area contributed by atoms with Gasteiger partial charge in [0.1, 0.15) is 11.5 Å². The number of esters is 2. The molecule has 0 radical (unpaired) electrons. The van der Waals surface area contributed by atoms with E-state index in [4.69, 9.17) is 40.0 Å². The third-order valence-electron chi connectivity index (χ3n) is 7.31. The maximum Gasteiger partial charge on any atom is 0.339 e. The van der Waals surface area contributed by atoms with E-state index in [1.54, 1.807) is 69.3 Å². The van der Waals surface area contributed by atoms with E-state index in [1.165, 1.54) is 15.9 Å². The zero-order valence-corrected chi connectivity index (χ0v) is 27.2. The highest BCUT2D eigenvalue weighted by Crippen LogP contribution is 2.39. The topological polar surface area (TPSA) is 119 Å². The fraction of sp³-hybridized carbons (Fsp3) is 0.294. The summed E-state index contributed by atoms with van der Waals surface area (Å²) in [5, 5.41) is 0.422. The number of carbonyl (C=O) groups is 2. The van der Waals surface area contributed by atoms with Gasteiger partial charge in [0.25, 0.3) is 5.56 Å². The highest BCUT2D eigenvalue weighted by molar-refractivity contribution is 7.07. The van der Waals surface area contributed by atoms with Crippen molar-refractivity contribution < 1.29 is 33.0 Å². The molecule has 238 valence electrons. The molecule has 0 fully saturated rings. The highest BCUT2D eigenvalue weighted by Gasteiger charge is 2.35. The lowest BCUT2D eigenvalue weighted by molar-refractivity contribution is -0.139. The van der Waals surface area contributed by atoms with Gasteiger partial charge >= 0.3 is 11.9 Å². The fourth-order valence-corrected chi connectivity index (χ4v) is 6.57. The molecule has 4 aromatic rings. The Labute approximate surface area is 273 Å². The first-order valence-electron chi connectivity index (χ1n) is 14.9. The van der Waals surface area contributed by atoms with Gasteiger partial charge in [0, 0.05) is 16.7 Å². The Hall–Kier alpha value is -4.61. The molecule has 0 saturated heterocycles. The Morgan fingerprint density at radius 1 is 1.09 bits per heavy atom. The second-order valence-electron chi connectivity index (χ2n) is 10.9. The Balaban J connectivity index is 1.47. The Bertz CT molecular complexity index is 2050. The average Bonchev–Trinajstić information content (AvgIpc) is 3.75. The number of nitrogens with zero attached hydrogens (tertiary/aromatic N) is 2. The van der Waals surface area contributed by atoms with E-state index in [0.717, 1.165) is 6.42 Å². The largest absolute Gasteiger partial charge is 0.463 e. The van der Waals surface area contributed by atoms with Crippen LogP contribution in [0.2, 0.25) is 5.02 Å². The number of thiazole rings is 1. The van der Waals surface area contributed by atoms with Gasteiger partial charge in [-0.15, -0.1) is 0 Å². The third-order valence-corrected chi connectivity index (χ3v) is 8.53. The number of allylic oxidation sites excluding steroid dienone is 1. The van der Waals surface area contributed by atoms with Gasteiger partial charge in [-0.1, -0.05) is 42.3 Å². The zero-order valence-electron chi connectivity index (χ0n) is 25.6. The van der Waals surface area contributed by atoms with Gasteiger partial charge in [0.2, 0.25) is 6.79 Å². The summed E-state index contributed by atoms with van der Waals surface area (Å²) in [7, 11) is 0. The van der Waals surface area contributed by atoms with Crippen LogP contribution in [0.5, 0.6) is 11.5 Å². The third kappa shape index (κ3) is 6.00. The van der Waals surface area contributed by atoms with Gasteiger partial charge in [0.05, 0.1) is 40.1 Å². The molecule has 2 aliphatic heterocycles. The molecule has 0 saturated carbocycles. The molecule has 1 atom stereocenters. The van der Waals surface area contributed by atoms with E-state index in [-0.39, 0.29) is 25.1 Å². The van der Waals surface area contributed by atoms with Crippen molar-refractivity contribution >= 4 is 41.0 Å². The lowest BCUT2D eigenvalue weighted by Gasteiger charge is -2.25. The van der Waals surface area contributed by atoms with E-state index >= 15 is 0 Å². The number of fused-ring (bicyclic) bond motifs is 2. The average molecular weight is 663 g/mol. The first kappa shape index (κ1) is 31.4. The molecule has 2 aromatic carbocycles. The van der Waals surface area contributed by atoms with Crippen LogP contribution in [-0.4, -0.2) is 36.0 Å². The highest BCUT2D eigenvalue weighted by atomic mass is 35.5. The molecule has 46 heavy (non-hydrogen) atoms. The van der Waals surface area contributed by atoms with Gasteiger partial charge in [0.15, 0.2) is 16.3 Å². The predicted octanol–water partition coefficient (Wildman–Crippen LogP) is 5.79. The Kier molecular flexibility index (Phi) is 8.88. The second-order valence-corrected chi connectivity index (χ2v) is 12.3. The van der Waals surface area contributed by atoms with Crippen LogP contribution in [-0.2, 0) is 14.3 Å². The van der Waals surface area contributed by atoms with Crippen molar-refractivity contribution in [3.8, 4) is 22.8 Å². The molecule has 6 rings (SSSR count). The van der Waals surface area contributed by atoms with Gasteiger partial charge < -0.3 is 23.4 Å². The number of benzene rings is 2. The summed E-state index contributed by atoms with van der Waals surface area (Å²) >= 11 is 7.46. The molecule has 0 unspecified atom stereocenters. The van der Waals surface area contributed by atoms with Gasteiger partial charge in [-0.05, 0) is 75.2 Å². The molecule has 0 spiro atoms. The van der Waals surface area contributed by atoms with Crippen LogP contribution in [0.4, 0.5) is 0 Å². The number of furan rings is 1. The smallest absolute Gasteiger partial charge is 0.339 e. The van der Waals surface area contributed by atoms with Crippen LogP contribution >= 0.6 is 22.9 Å². The van der Waals surface area contributed by atoms with Crippen molar-refractivity contribution in [3.05, 3.63) is 101 Å². The van der Waals surface area contributed by atoms with Crippen LogP contribution in [0.1, 0.15) is 68.3 Å². The SMILES string of the molecule is CCCC1=C(C(=O)OCC)[C@H](c2ccc3c(c2)OCO3)n2c(s/c(=C/c3ccc(-c4cc(Cl)ccc4C(=O)OC(C)C)o3)c2=O)=N1. The van der Waals surface area contributed by atoms with Crippen molar-refractivity contribution in [2.75, 3.05) is 13.4 Å². The minimum atomic E-state index is -0.804. The number of hydrogen-bond acceptors (Lipinski definition) is 10. The van der Waals surface area contributed by atoms with E-state index in [0.29, 0.717) is 71.8 Å². The molecule has 2 aromatic heterocycles. The quantitative estimate of drug-likeness (QED) is 0.207. The summed E-state index contributed by atoms with van der Waals surface area (Å²) in [4.78, 5) is 45.6. The van der Waals surface area contributed by atoms with Crippen LogP contribution < -0.4 is 24.4 Å². The lowest BCUT2D eigenvalue weighted by Crippen LogP contribution is -2.40. The summed E-state index contributed by atoms with van der Waals surface area (Å²) in [6.07, 6.45) is 2.56. The fourth-order valence-electron chi connectivity index (χ4n) is 5.40.